The maximum absolute atomic E-state index is 14.7. The van der Waals surface area contributed by atoms with E-state index < -0.39 is 33.2 Å². The van der Waals surface area contributed by atoms with Crippen LogP contribution in [0, 0.1) is 18.6 Å². The fourth-order valence-electron chi connectivity index (χ4n) is 3.42. The van der Waals surface area contributed by atoms with Crippen molar-refractivity contribution in [2.24, 2.45) is 5.14 Å². The molecule has 3 aromatic heterocycles. The number of ether oxygens (including phenoxy) is 1. The monoisotopic (exact) mass is 449 g/mol. The molecule has 0 fully saturated rings. The van der Waals surface area contributed by atoms with Gasteiger partial charge in [0.2, 0.25) is 15.9 Å². The van der Waals surface area contributed by atoms with Crippen molar-refractivity contribution >= 4 is 32.1 Å². The normalized spacial score (nSPS) is 12.1. The van der Waals surface area contributed by atoms with E-state index in [1.54, 1.807) is 19.1 Å². The predicted molar refractivity (Wildman–Crippen MR) is 107 cm³/mol. The molecule has 0 amide bonds. The number of benzene rings is 1. The Hall–Kier alpha value is -3.22. The molecule has 0 aliphatic rings. The minimum absolute atomic E-state index is 0.150. The van der Waals surface area contributed by atoms with Crippen LogP contribution in [0.3, 0.4) is 0 Å². The summed E-state index contributed by atoms with van der Waals surface area (Å²) in [5.41, 5.74) is 1.70. The van der Waals surface area contributed by atoms with Crippen molar-refractivity contribution in [3.05, 3.63) is 53.0 Å². The van der Waals surface area contributed by atoms with Crippen LogP contribution in [0.5, 0.6) is 5.88 Å². The number of halogens is 2. The summed E-state index contributed by atoms with van der Waals surface area (Å²) < 4.78 is 58.5. The summed E-state index contributed by atoms with van der Waals surface area (Å²) >= 11 is 0. The lowest BCUT2D eigenvalue weighted by atomic mass is 10.1. The highest BCUT2D eigenvalue weighted by Crippen LogP contribution is 2.29. The number of pyridine rings is 2. The van der Waals surface area contributed by atoms with E-state index >= 15 is 0 Å². The van der Waals surface area contributed by atoms with Crippen molar-refractivity contribution in [1.82, 2.24) is 19.5 Å². The number of nitrogens with two attached hydrogens (primary N) is 1. The highest BCUT2D eigenvalue weighted by atomic mass is 32.2. The van der Waals surface area contributed by atoms with Gasteiger partial charge in [-0.15, -0.1) is 0 Å². The molecule has 3 heterocycles. The van der Waals surface area contributed by atoms with Crippen LogP contribution >= 0.6 is 0 Å². The van der Waals surface area contributed by atoms with E-state index in [2.05, 4.69) is 15.0 Å². The van der Waals surface area contributed by atoms with E-state index in [4.69, 9.17) is 9.88 Å². The van der Waals surface area contributed by atoms with Gasteiger partial charge in [-0.25, -0.2) is 32.3 Å². The maximum atomic E-state index is 14.7. The molecule has 0 saturated heterocycles. The van der Waals surface area contributed by atoms with Crippen molar-refractivity contribution < 1.29 is 27.0 Å². The van der Waals surface area contributed by atoms with E-state index in [9.17, 15) is 22.3 Å². The third-order valence-corrected chi connectivity index (χ3v) is 5.78. The van der Waals surface area contributed by atoms with Crippen molar-refractivity contribution in [2.45, 2.75) is 25.0 Å². The highest BCUT2D eigenvalue weighted by Gasteiger charge is 2.22. The number of aromatic nitrogens is 4. The van der Waals surface area contributed by atoms with Crippen LogP contribution in [-0.2, 0) is 23.2 Å². The molecule has 0 bridgehead atoms. The Morgan fingerprint density at radius 3 is 2.55 bits per heavy atom. The third kappa shape index (κ3) is 3.58. The number of aliphatic hydroxyl groups excluding tert-OH is 1. The predicted octanol–water partition coefficient (Wildman–Crippen LogP) is 1.76. The van der Waals surface area contributed by atoms with Crippen LogP contribution < -0.4 is 9.88 Å². The molecule has 0 atom stereocenters. The van der Waals surface area contributed by atoms with Crippen molar-refractivity contribution in [2.75, 3.05) is 7.11 Å². The van der Waals surface area contributed by atoms with Crippen LogP contribution in [0.2, 0.25) is 0 Å². The lowest BCUT2D eigenvalue weighted by molar-refractivity contribution is 0.267. The molecule has 162 valence electrons. The lowest BCUT2D eigenvalue weighted by Gasteiger charge is -2.12. The zero-order valence-corrected chi connectivity index (χ0v) is 17.2. The van der Waals surface area contributed by atoms with Crippen molar-refractivity contribution in [3.63, 3.8) is 0 Å². The number of rotatable bonds is 5. The van der Waals surface area contributed by atoms with Gasteiger partial charge < -0.3 is 14.4 Å². The molecule has 0 saturated carbocycles. The van der Waals surface area contributed by atoms with Gasteiger partial charge in [0.05, 0.1) is 24.9 Å². The van der Waals surface area contributed by atoms with Gasteiger partial charge in [-0.2, -0.15) is 4.98 Å². The first kappa shape index (κ1) is 21.0. The van der Waals surface area contributed by atoms with Gasteiger partial charge in [-0.1, -0.05) is 0 Å². The van der Waals surface area contributed by atoms with E-state index in [-0.39, 0.29) is 17.9 Å². The molecule has 0 aliphatic carbocycles. The van der Waals surface area contributed by atoms with Gasteiger partial charge in [0.25, 0.3) is 0 Å². The molecule has 4 aromatic rings. The molecular weight excluding hydrogens is 432 g/mol. The standard InChI is InChI=1S/C19H17F2N5O4S/c1-9-17-18(11-3-4-16(30-2)25-19(11)23-9)26(15(8-27)24-17)7-10-5-13(21)14(6-12(10)20)31(22,28)29/h3-6,27H,7-8H2,1-2H3,(H2,22,28,29). The van der Waals surface area contributed by atoms with E-state index in [0.29, 0.717) is 39.7 Å². The largest absolute Gasteiger partial charge is 0.481 e. The Morgan fingerprint density at radius 2 is 1.90 bits per heavy atom. The average Bonchev–Trinajstić information content (AvgIpc) is 3.08. The van der Waals surface area contributed by atoms with Crippen LogP contribution in [0.4, 0.5) is 8.78 Å². The fraction of sp³-hybridized carbons (Fsp3) is 0.211. The zero-order valence-electron chi connectivity index (χ0n) is 16.4. The van der Waals surface area contributed by atoms with Crippen molar-refractivity contribution in [3.8, 4) is 5.88 Å². The Balaban J connectivity index is 1.96. The molecule has 0 spiro atoms. The van der Waals surface area contributed by atoms with E-state index in [1.165, 1.54) is 11.7 Å². The number of fused-ring (bicyclic) bond motifs is 3. The second-order valence-corrected chi connectivity index (χ2v) is 8.34. The fourth-order valence-corrected chi connectivity index (χ4v) is 4.02. The van der Waals surface area contributed by atoms with Crippen LogP contribution in [0.15, 0.2) is 29.2 Å². The van der Waals surface area contributed by atoms with Gasteiger partial charge in [0.1, 0.15) is 34.5 Å². The molecule has 0 unspecified atom stereocenters. The van der Waals surface area contributed by atoms with Crippen LogP contribution in [0.25, 0.3) is 22.1 Å². The molecule has 31 heavy (non-hydrogen) atoms. The Kier molecular flexibility index (Phi) is 5.07. The summed E-state index contributed by atoms with van der Waals surface area (Å²) in [5, 5.41) is 15.3. The molecule has 3 N–H and O–H groups in total. The topological polar surface area (TPSA) is 133 Å². The molecular formula is C19H17F2N5O4S. The SMILES string of the molecule is COc1ccc2c(n1)nc(C)c1nc(CO)n(Cc3cc(F)c(S(N)(=O)=O)cc3F)c12. The second kappa shape index (κ2) is 7.48. The number of hydrogen-bond acceptors (Lipinski definition) is 7. The lowest BCUT2D eigenvalue weighted by Crippen LogP contribution is -2.16. The number of hydrogen-bond donors (Lipinski definition) is 2. The van der Waals surface area contributed by atoms with Gasteiger partial charge in [0, 0.05) is 17.0 Å². The van der Waals surface area contributed by atoms with Crippen LogP contribution in [-0.4, -0.2) is 40.2 Å². The summed E-state index contributed by atoms with van der Waals surface area (Å²) in [6.45, 7) is 1.01. The molecule has 9 nitrogen and oxygen atoms in total. The van der Waals surface area contributed by atoms with Gasteiger partial charge in [-0.05, 0) is 25.1 Å². The molecule has 0 aliphatic heterocycles. The number of sulfonamides is 1. The summed E-state index contributed by atoms with van der Waals surface area (Å²) in [7, 11) is -2.96. The first-order chi connectivity index (χ1) is 14.6. The van der Waals surface area contributed by atoms with E-state index in [1.807, 2.05) is 0 Å². The zero-order chi connectivity index (χ0) is 22.5. The number of aliphatic hydroxyl groups is 1. The Morgan fingerprint density at radius 1 is 1.16 bits per heavy atom. The number of aryl methyl sites for hydroxylation is 1. The summed E-state index contributed by atoms with van der Waals surface area (Å²) in [4.78, 5) is 12.2. The molecule has 4 rings (SSSR count). The Labute approximate surface area is 175 Å². The first-order valence-corrected chi connectivity index (χ1v) is 10.5. The Bertz CT molecular complexity index is 1450. The summed E-state index contributed by atoms with van der Waals surface area (Å²) in [5.74, 6) is -1.61. The molecule has 12 heteroatoms. The number of primary sulfonamides is 1. The second-order valence-electron chi connectivity index (χ2n) is 6.81. The van der Waals surface area contributed by atoms with Crippen molar-refractivity contribution in [1.29, 1.82) is 0 Å². The minimum Gasteiger partial charge on any atom is -0.481 e. The van der Waals surface area contributed by atoms with Gasteiger partial charge >= 0.3 is 0 Å². The van der Waals surface area contributed by atoms with Gasteiger partial charge in [0.15, 0.2) is 5.65 Å². The van der Waals surface area contributed by atoms with Gasteiger partial charge in [-0.3, -0.25) is 0 Å². The summed E-state index contributed by atoms with van der Waals surface area (Å²) in [6.07, 6.45) is 0. The van der Waals surface area contributed by atoms with Crippen LogP contribution in [0.1, 0.15) is 17.1 Å². The third-order valence-electron chi connectivity index (χ3n) is 4.85. The first-order valence-electron chi connectivity index (χ1n) is 8.96. The number of nitrogens with zero attached hydrogens (tertiary/aromatic N) is 4. The van der Waals surface area contributed by atoms with E-state index in [0.717, 1.165) is 6.07 Å². The number of imidazole rings is 1. The average molecular weight is 449 g/mol. The molecule has 1 aromatic carbocycles. The smallest absolute Gasteiger partial charge is 0.241 e. The summed E-state index contributed by atoms with van der Waals surface area (Å²) in [6, 6.07) is 4.63. The minimum atomic E-state index is -4.43. The highest BCUT2D eigenvalue weighted by molar-refractivity contribution is 7.89. The maximum Gasteiger partial charge on any atom is 0.241 e. The molecule has 0 radical (unpaired) electrons. The number of methoxy groups -OCH3 is 1. The quantitative estimate of drug-likeness (QED) is 0.474.